The average Bonchev–Trinajstić information content (AvgIpc) is 2.16. The number of ether oxygens (including phenoxy) is 1. The monoisotopic (exact) mass is 189 g/mol. The van der Waals surface area contributed by atoms with Crippen LogP contribution in [0.4, 0.5) is 0 Å². The van der Waals surface area contributed by atoms with Crippen LogP contribution in [0.2, 0.25) is 0 Å². The first-order chi connectivity index (χ1) is 6.61. The zero-order valence-corrected chi connectivity index (χ0v) is 8.42. The van der Waals surface area contributed by atoms with Crippen molar-refractivity contribution in [2.45, 2.75) is 13.8 Å². The normalized spacial score (nSPS) is 9.29. The number of benzene rings is 1. The highest BCUT2D eigenvalue weighted by Crippen LogP contribution is 2.26. The fourth-order valence-electron chi connectivity index (χ4n) is 1.31. The molecule has 0 atom stereocenters. The van der Waals surface area contributed by atoms with E-state index in [0.29, 0.717) is 16.9 Å². The maximum atomic E-state index is 11.2. The smallest absolute Gasteiger partial charge is 0.163 e. The zero-order chi connectivity index (χ0) is 10.7. The fraction of sp³-hybridized carbons (Fsp3) is 0.273. The molecule has 0 radical (unpaired) electrons. The molecule has 0 aromatic heterocycles. The molecule has 1 aromatic carbocycles. The third-order valence-corrected chi connectivity index (χ3v) is 2.06. The summed E-state index contributed by atoms with van der Waals surface area (Å²) < 4.78 is 5.07. The summed E-state index contributed by atoms with van der Waals surface area (Å²) in [6.45, 7) is 3.26. The van der Waals surface area contributed by atoms with Gasteiger partial charge in [0.2, 0.25) is 0 Å². The predicted octanol–water partition coefficient (Wildman–Crippen LogP) is 2.08. The molecule has 0 aliphatic heterocycles. The number of nitriles is 1. The van der Waals surface area contributed by atoms with Crippen LogP contribution in [-0.4, -0.2) is 12.9 Å². The van der Waals surface area contributed by atoms with Crippen molar-refractivity contribution in [1.29, 1.82) is 5.26 Å². The Balaban J connectivity index is 3.50. The van der Waals surface area contributed by atoms with Crippen molar-refractivity contribution in [2.24, 2.45) is 0 Å². The van der Waals surface area contributed by atoms with Crippen molar-refractivity contribution in [3.63, 3.8) is 0 Å². The van der Waals surface area contributed by atoms with Crippen LogP contribution in [0.1, 0.15) is 28.4 Å². The standard InChI is InChI=1S/C11H11NO2/c1-7-4-5-9(8(2)13)11(14-3)10(7)6-12/h4-5H,1-3H3. The van der Waals surface area contributed by atoms with Gasteiger partial charge in [-0.25, -0.2) is 0 Å². The number of rotatable bonds is 2. The van der Waals surface area contributed by atoms with Crippen LogP contribution >= 0.6 is 0 Å². The number of nitrogens with zero attached hydrogens (tertiary/aromatic N) is 1. The van der Waals surface area contributed by atoms with Crippen molar-refractivity contribution in [3.05, 3.63) is 28.8 Å². The molecule has 0 fully saturated rings. The molecule has 0 heterocycles. The minimum absolute atomic E-state index is 0.0987. The van der Waals surface area contributed by atoms with Gasteiger partial charge in [0.25, 0.3) is 0 Å². The maximum absolute atomic E-state index is 11.2. The quantitative estimate of drug-likeness (QED) is 0.669. The zero-order valence-electron chi connectivity index (χ0n) is 8.42. The number of hydrogen-bond acceptors (Lipinski definition) is 3. The molecule has 0 aliphatic carbocycles. The van der Waals surface area contributed by atoms with Crippen molar-refractivity contribution in [1.82, 2.24) is 0 Å². The molecule has 14 heavy (non-hydrogen) atoms. The molecule has 0 aliphatic rings. The molecule has 0 unspecified atom stereocenters. The topological polar surface area (TPSA) is 50.1 Å². The van der Waals surface area contributed by atoms with Crippen LogP contribution in [0.3, 0.4) is 0 Å². The molecular weight excluding hydrogens is 178 g/mol. The number of carbonyl (C=O) groups excluding carboxylic acids is 1. The predicted molar refractivity (Wildman–Crippen MR) is 52.5 cm³/mol. The van der Waals surface area contributed by atoms with Crippen LogP contribution < -0.4 is 4.74 Å². The summed E-state index contributed by atoms with van der Waals surface area (Å²) >= 11 is 0. The Bertz CT molecular complexity index is 416. The van der Waals surface area contributed by atoms with E-state index in [-0.39, 0.29) is 5.78 Å². The molecule has 3 nitrogen and oxygen atoms in total. The van der Waals surface area contributed by atoms with Gasteiger partial charge in [-0.3, -0.25) is 4.79 Å². The molecule has 72 valence electrons. The van der Waals surface area contributed by atoms with Gasteiger partial charge in [0.05, 0.1) is 18.2 Å². The molecule has 0 N–H and O–H groups in total. The average molecular weight is 189 g/mol. The van der Waals surface area contributed by atoms with Crippen molar-refractivity contribution in [2.75, 3.05) is 7.11 Å². The third kappa shape index (κ3) is 1.60. The molecule has 0 saturated heterocycles. The molecule has 3 heteroatoms. The Morgan fingerprint density at radius 3 is 2.57 bits per heavy atom. The molecular formula is C11H11NO2. The fourth-order valence-corrected chi connectivity index (χ4v) is 1.31. The summed E-state index contributed by atoms with van der Waals surface area (Å²) in [5.41, 5.74) is 1.70. The van der Waals surface area contributed by atoms with Crippen molar-refractivity contribution in [3.8, 4) is 11.8 Å². The first-order valence-corrected chi connectivity index (χ1v) is 4.20. The van der Waals surface area contributed by atoms with Gasteiger partial charge >= 0.3 is 0 Å². The van der Waals surface area contributed by atoms with Crippen molar-refractivity contribution >= 4 is 5.78 Å². The number of carbonyl (C=O) groups is 1. The van der Waals surface area contributed by atoms with E-state index in [4.69, 9.17) is 10.00 Å². The Morgan fingerprint density at radius 1 is 1.50 bits per heavy atom. The number of Topliss-reactive ketones (excluding diaryl/α,β-unsaturated/α-hetero) is 1. The summed E-state index contributed by atoms with van der Waals surface area (Å²) in [6, 6.07) is 5.46. The van der Waals surface area contributed by atoms with Crippen LogP contribution in [0.5, 0.6) is 5.75 Å². The number of hydrogen-bond donors (Lipinski definition) is 0. The van der Waals surface area contributed by atoms with E-state index in [9.17, 15) is 4.79 Å². The van der Waals surface area contributed by atoms with Crippen LogP contribution in [-0.2, 0) is 0 Å². The van der Waals surface area contributed by atoms with Gasteiger partial charge in [0, 0.05) is 0 Å². The highest BCUT2D eigenvalue weighted by molar-refractivity contribution is 5.97. The summed E-state index contributed by atoms with van der Waals surface area (Å²) in [7, 11) is 1.46. The van der Waals surface area contributed by atoms with Crippen LogP contribution in [0, 0.1) is 18.3 Å². The molecule has 1 rings (SSSR count). The Kier molecular flexibility index (Phi) is 2.88. The van der Waals surface area contributed by atoms with E-state index in [1.54, 1.807) is 12.1 Å². The lowest BCUT2D eigenvalue weighted by molar-refractivity contribution is 0.101. The second kappa shape index (κ2) is 3.93. The van der Waals surface area contributed by atoms with E-state index in [1.807, 2.05) is 13.0 Å². The largest absolute Gasteiger partial charge is 0.495 e. The Hall–Kier alpha value is -1.82. The van der Waals surface area contributed by atoms with E-state index in [1.165, 1.54) is 14.0 Å². The number of ketones is 1. The lowest BCUT2D eigenvalue weighted by Gasteiger charge is -2.09. The minimum Gasteiger partial charge on any atom is -0.495 e. The first-order valence-electron chi connectivity index (χ1n) is 4.20. The van der Waals surface area contributed by atoms with Gasteiger partial charge in [-0.2, -0.15) is 5.26 Å². The van der Waals surface area contributed by atoms with E-state index < -0.39 is 0 Å². The van der Waals surface area contributed by atoms with Gasteiger partial charge < -0.3 is 4.74 Å². The van der Waals surface area contributed by atoms with E-state index in [0.717, 1.165) is 5.56 Å². The molecule has 0 spiro atoms. The minimum atomic E-state index is -0.0987. The highest BCUT2D eigenvalue weighted by atomic mass is 16.5. The summed E-state index contributed by atoms with van der Waals surface area (Å²) in [6.07, 6.45) is 0. The lowest BCUT2D eigenvalue weighted by atomic mass is 10.0. The molecule has 0 amide bonds. The van der Waals surface area contributed by atoms with Gasteiger partial charge in [-0.05, 0) is 25.5 Å². The summed E-state index contributed by atoms with van der Waals surface area (Å²) in [4.78, 5) is 11.2. The summed E-state index contributed by atoms with van der Waals surface area (Å²) in [5.74, 6) is 0.276. The summed E-state index contributed by atoms with van der Waals surface area (Å²) in [5, 5.41) is 8.90. The number of methoxy groups -OCH3 is 1. The highest BCUT2D eigenvalue weighted by Gasteiger charge is 2.14. The van der Waals surface area contributed by atoms with E-state index in [2.05, 4.69) is 0 Å². The third-order valence-electron chi connectivity index (χ3n) is 2.06. The van der Waals surface area contributed by atoms with Crippen LogP contribution in [0.25, 0.3) is 0 Å². The van der Waals surface area contributed by atoms with Gasteiger partial charge in [-0.1, -0.05) is 6.07 Å². The van der Waals surface area contributed by atoms with Crippen LogP contribution in [0.15, 0.2) is 12.1 Å². The second-order valence-electron chi connectivity index (χ2n) is 3.01. The molecule has 1 aromatic rings. The lowest BCUT2D eigenvalue weighted by Crippen LogP contribution is -2.01. The second-order valence-corrected chi connectivity index (χ2v) is 3.01. The SMILES string of the molecule is COc1c(C(C)=O)ccc(C)c1C#N. The van der Waals surface area contributed by atoms with Gasteiger partial charge in [0.15, 0.2) is 5.78 Å². The maximum Gasteiger partial charge on any atom is 0.163 e. The number of aryl methyl sites for hydroxylation is 1. The first kappa shape index (κ1) is 10.3. The van der Waals surface area contributed by atoms with Crippen molar-refractivity contribution < 1.29 is 9.53 Å². The molecule has 0 saturated carbocycles. The molecule has 0 bridgehead atoms. The Labute approximate surface area is 82.9 Å². The van der Waals surface area contributed by atoms with Gasteiger partial charge in [-0.15, -0.1) is 0 Å². The van der Waals surface area contributed by atoms with Gasteiger partial charge in [0.1, 0.15) is 11.8 Å². The Morgan fingerprint density at radius 2 is 2.14 bits per heavy atom. The van der Waals surface area contributed by atoms with E-state index >= 15 is 0 Å².